The van der Waals surface area contributed by atoms with E-state index in [0.29, 0.717) is 23.0 Å². The van der Waals surface area contributed by atoms with E-state index in [1.165, 1.54) is 6.07 Å². The van der Waals surface area contributed by atoms with Crippen LogP contribution >= 0.6 is 0 Å². The number of benzene rings is 3. The van der Waals surface area contributed by atoms with Gasteiger partial charge in [-0.15, -0.1) is 0 Å². The lowest BCUT2D eigenvalue weighted by atomic mass is 9.87. The van der Waals surface area contributed by atoms with Gasteiger partial charge >= 0.3 is 6.18 Å². The van der Waals surface area contributed by atoms with Crippen molar-refractivity contribution in [1.29, 1.82) is 0 Å². The van der Waals surface area contributed by atoms with Gasteiger partial charge in [0.15, 0.2) is 5.78 Å². The zero-order valence-electron chi connectivity index (χ0n) is 15.5. The molecule has 0 aromatic heterocycles. The van der Waals surface area contributed by atoms with E-state index in [-0.39, 0.29) is 16.7 Å². The van der Waals surface area contributed by atoms with Crippen LogP contribution in [0, 0.1) is 0 Å². The maximum atomic E-state index is 13.3. The Morgan fingerprint density at radius 2 is 1.34 bits per heavy atom. The van der Waals surface area contributed by atoms with E-state index < -0.39 is 17.5 Å². The second kappa shape index (κ2) is 8.27. The number of allylic oxidation sites excluding steroid dienone is 1. The molecule has 2 nitrogen and oxygen atoms in total. The SMILES string of the molecule is C/C(C=O)=C(\c1ccccc1)c1ccc(C(F)(F)F)cc1C(=O)c1ccccc1. The van der Waals surface area contributed by atoms with E-state index in [1.807, 2.05) is 0 Å². The van der Waals surface area contributed by atoms with Crippen LogP contribution in [0.1, 0.15) is 39.5 Å². The number of alkyl halides is 3. The Balaban J connectivity index is 2.30. The van der Waals surface area contributed by atoms with Crippen molar-refractivity contribution in [3.05, 3.63) is 112 Å². The molecule has 0 saturated carbocycles. The summed E-state index contributed by atoms with van der Waals surface area (Å²) in [6, 6.07) is 19.9. The Labute approximate surface area is 166 Å². The van der Waals surface area contributed by atoms with Gasteiger partial charge in [-0.1, -0.05) is 66.7 Å². The largest absolute Gasteiger partial charge is 0.416 e. The molecule has 0 heterocycles. The Kier molecular flexibility index (Phi) is 5.78. The molecule has 0 unspecified atom stereocenters. The molecule has 3 aromatic rings. The average Bonchev–Trinajstić information content (AvgIpc) is 2.74. The van der Waals surface area contributed by atoms with E-state index in [2.05, 4.69) is 0 Å². The van der Waals surface area contributed by atoms with Crippen molar-refractivity contribution in [2.24, 2.45) is 0 Å². The molecular formula is C24H17F3O2. The molecule has 0 N–H and O–H groups in total. The van der Waals surface area contributed by atoms with Crippen molar-refractivity contribution < 1.29 is 22.8 Å². The summed E-state index contributed by atoms with van der Waals surface area (Å²) >= 11 is 0. The number of ketones is 1. The van der Waals surface area contributed by atoms with Crippen LogP contribution < -0.4 is 0 Å². The lowest BCUT2D eigenvalue weighted by Gasteiger charge is -2.17. The zero-order chi connectivity index (χ0) is 21.0. The molecule has 0 saturated heterocycles. The lowest BCUT2D eigenvalue weighted by Crippen LogP contribution is -2.11. The van der Waals surface area contributed by atoms with Crippen LogP contribution in [0.3, 0.4) is 0 Å². The maximum Gasteiger partial charge on any atom is 0.416 e. The van der Waals surface area contributed by atoms with Gasteiger partial charge in [-0.05, 0) is 41.3 Å². The smallest absolute Gasteiger partial charge is 0.298 e. The number of carbonyl (C=O) groups excluding carboxylic acids is 2. The Hall–Kier alpha value is -3.47. The van der Waals surface area contributed by atoms with Gasteiger partial charge in [0.1, 0.15) is 6.29 Å². The van der Waals surface area contributed by atoms with Gasteiger partial charge in [-0.25, -0.2) is 0 Å². The first kappa shape index (κ1) is 20.3. The fraction of sp³-hybridized carbons (Fsp3) is 0.0833. The molecule has 0 fully saturated rings. The molecule has 0 radical (unpaired) electrons. The van der Waals surface area contributed by atoms with E-state index in [4.69, 9.17) is 0 Å². The summed E-state index contributed by atoms with van der Waals surface area (Å²) in [5.41, 5.74) is 0.903. The highest BCUT2D eigenvalue weighted by Crippen LogP contribution is 2.35. The van der Waals surface area contributed by atoms with E-state index in [0.717, 1.165) is 12.1 Å². The van der Waals surface area contributed by atoms with Crippen molar-refractivity contribution in [2.45, 2.75) is 13.1 Å². The summed E-state index contributed by atoms with van der Waals surface area (Å²) in [6.07, 6.45) is -3.96. The third kappa shape index (κ3) is 4.35. The summed E-state index contributed by atoms with van der Waals surface area (Å²) in [5.74, 6) is -0.543. The molecule has 5 heteroatoms. The van der Waals surface area contributed by atoms with Crippen molar-refractivity contribution in [1.82, 2.24) is 0 Å². The van der Waals surface area contributed by atoms with Gasteiger partial charge in [0, 0.05) is 11.1 Å². The molecule has 29 heavy (non-hydrogen) atoms. The van der Waals surface area contributed by atoms with Crippen LogP contribution in [0.4, 0.5) is 13.2 Å². The topological polar surface area (TPSA) is 34.1 Å². The Morgan fingerprint density at radius 3 is 1.86 bits per heavy atom. The first-order chi connectivity index (χ1) is 13.8. The Morgan fingerprint density at radius 1 is 0.793 bits per heavy atom. The highest BCUT2D eigenvalue weighted by atomic mass is 19.4. The number of carbonyl (C=O) groups is 2. The van der Waals surface area contributed by atoms with Crippen LogP contribution in [0.25, 0.3) is 5.57 Å². The van der Waals surface area contributed by atoms with E-state index in [1.54, 1.807) is 67.6 Å². The maximum absolute atomic E-state index is 13.3. The lowest BCUT2D eigenvalue weighted by molar-refractivity contribution is -0.137. The number of hydrogen-bond acceptors (Lipinski definition) is 2. The second-order valence-corrected chi connectivity index (χ2v) is 6.50. The van der Waals surface area contributed by atoms with Gasteiger partial charge in [0.2, 0.25) is 0 Å². The molecule has 0 bridgehead atoms. The quantitative estimate of drug-likeness (QED) is 0.304. The summed E-state index contributed by atoms with van der Waals surface area (Å²) in [7, 11) is 0. The summed E-state index contributed by atoms with van der Waals surface area (Å²) < 4.78 is 40.0. The van der Waals surface area contributed by atoms with E-state index >= 15 is 0 Å². The molecule has 0 amide bonds. The number of rotatable bonds is 5. The minimum absolute atomic E-state index is 0.105. The van der Waals surface area contributed by atoms with E-state index in [9.17, 15) is 22.8 Å². The Bertz CT molecular complexity index is 1070. The fourth-order valence-corrected chi connectivity index (χ4v) is 3.13. The molecule has 0 aliphatic heterocycles. The number of halogens is 3. The molecule has 3 rings (SSSR count). The molecule has 0 spiro atoms. The molecule has 0 aliphatic rings. The molecular weight excluding hydrogens is 377 g/mol. The third-order valence-electron chi connectivity index (χ3n) is 4.53. The van der Waals surface area contributed by atoms with Gasteiger partial charge in [0.25, 0.3) is 0 Å². The normalized spacial score (nSPS) is 12.3. The number of hydrogen-bond donors (Lipinski definition) is 0. The van der Waals surface area contributed by atoms with Crippen molar-refractivity contribution in [2.75, 3.05) is 0 Å². The summed E-state index contributed by atoms with van der Waals surface area (Å²) in [5, 5.41) is 0. The highest BCUT2D eigenvalue weighted by molar-refractivity contribution is 6.13. The van der Waals surface area contributed by atoms with Gasteiger partial charge < -0.3 is 0 Å². The van der Waals surface area contributed by atoms with Crippen LogP contribution in [-0.2, 0) is 11.0 Å². The first-order valence-electron chi connectivity index (χ1n) is 8.85. The average molecular weight is 394 g/mol. The van der Waals surface area contributed by atoms with Gasteiger partial charge in [-0.3, -0.25) is 9.59 Å². The van der Waals surface area contributed by atoms with Crippen molar-refractivity contribution >= 4 is 17.6 Å². The first-order valence-corrected chi connectivity index (χ1v) is 8.85. The molecule has 0 aliphatic carbocycles. The minimum atomic E-state index is -4.60. The standard InChI is InChI=1S/C24H17F3O2/c1-16(15-28)22(17-8-4-2-5-9-17)20-13-12-19(24(25,26)27)14-21(20)23(29)18-10-6-3-7-11-18/h2-15H,1H3/b22-16-. The predicted molar refractivity (Wildman–Crippen MR) is 106 cm³/mol. The molecule has 0 atom stereocenters. The van der Waals surface area contributed by atoms with Gasteiger partial charge in [0.05, 0.1) is 5.56 Å². The summed E-state index contributed by atoms with van der Waals surface area (Å²) in [4.78, 5) is 24.7. The predicted octanol–water partition coefficient (Wildman–Crippen LogP) is 5.96. The monoisotopic (exact) mass is 394 g/mol. The van der Waals surface area contributed by atoms with Crippen LogP contribution in [0.5, 0.6) is 0 Å². The van der Waals surface area contributed by atoms with Crippen LogP contribution in [-0.4, -0.2) is 12.1 Å². The van der Waals surface area contributed by atoms with Gasteiger partial charge in [-0.2, -0.15) is 13.2 Å². The summed E-state index contributed by atoms with van der Waals surface area (Å²) in [6.45, 7) is 1.57. The molecule has 3 aromatic carbocycles. The highest BCUT2D eigenvalue weighted by Gasteiger charge is 2.32. The van der Waals surface area contributed by atoms with Crippen molar-refractivity contribution in [3.8, 4) is 0 Å². The molecule has 146 valence electrons. The fourth-order valence-electron chi connectivity index (χ4n) is 3.13. The minimum Gasteiger partial charge on any atom is -0.298 e. The zero-order valence-corrected chi connectivity index (χ0v) is 15.5. The number of aldehydes is 1. The van der Waals surface area contributed by atoms with Crippen molar-refractivity contribution in [3.63, 3.8) is 0 Å². The second-order valence-electron chi connectivity index (χ2n) is 6.50. The van der Waals surface area contributed by atoms with Crippen LogP contribution in [0.15, 0.2) is 84.4 Å². The van der Waals surface area contributed by atoms with Crippen LogP contribution in [0.2, 0.25) is 0 Å². The third-order valence-corrected chi connectivity index (χ3v) is 4.53.